The minimum absolute atomic E-state index is 0.0809. The summed E-state index contributed by atoms with van der Waals surface area (Å²) in [5, 5.41) is 3.28. The maximum atomic E-state index is 13.4. The van der Waals surface area contributed by atoms with Gasteiger partial charge in [-0.2, -0.15) is 0 Å². The maximum Gasteiger partial charge on any atom is 0.251 e. The van der Waals surface area contributed by atoms with Crippen LogP contribution in [0.4, 0.5) is 10.1 Å². The summed E-state index contributed by atoms with van der Waals surface area (Å²) in [5.41, 5.74) is 7.95. The van der Waals surface area contributed by atoms with E-state index in [2.05, 4.69) is 16.4 Å². The molecule has 3 rings (SSSR count). The SMILES string of the molecule is NC(=O)c1cc(NC2CCc3cccnc32)ccc1F. The van der Waals surface area contributed by atoms with E-state index in [0.717, 1.165) is 18.5 Å². The molecule has 2 aromatic rings. The van der Waals surface area contributed by atoms with Gasteiger partial charge in [-0.1, -0.05) is 6.07 Å². The van der Waals surface area contributed by atoms with E-state index in [1.165, 1.54) is 17.7 Å². The highest BCUT2D eigenvalue weighted by Gasteiger charge is 2.23. The molecule has 1 aliphatic carbocycles. The fourth-order valence-corrected chi connectivity index (χ4v) is 2.56. The van der Waals surface area contributed by atoms with Crippen molar-refractivity contribution in [2.45, 2.75) is 18.9 Å². The molecule has 0 radical (unpaired) electrons. The summed E-state index contributed by atoms with van der Waals surface area (Å²) in [6.45, 7) is 0. The van der Waals surface area contributed by atoms with E-state index < -0.39 is 11.7 Å². The Balaban J connectivity index is 1.86. The molecule has 102 valence electrons. The van der Waals surface area contributed by atoms with Crippen LogP contribution < -0.4 is 11.1 Å². The Hall–Kier alpha value is -2.43. The van der Waals surface area contributed by atoms with Crippen LogP contribution in [-0.4, -0.2) is 10.9 Å². The summed E-state index contributed by atoms with van der Waals surface area (Å²) >= 11 is 0. The minimum Gasteiger partial charge on any atom is -0.377 e. The monoisotopic (exact) mass is 271 g/mol. The van der Waals surface area contributed by atoms with Gasteiger partial charge in [0, 0.05) is 11.9 Å². The van der Waals surface area contributed by atoms with E-state index in [9.17, 15) is 9.18 Å². The molecule has 3 N–H and O–H groups in total. The molecule has 5 heteroatoms. The summed E-state index contributed by atoms with van der Waals surface area (Å²) < 4.78 is 13.4. The molecule has 4 nitrogen and oxygen atoms in total. The van der Waals surface area contributed by atoms with Crippen LogP contribution >= 0.6 is 0 Å². The van der Waals surface area contributed by atoms with Crippen molar-refractivity contribution in [1.82, 2.24) is 4.98 Å². The lowest BCUT2D eigenvalue weighted by molar-refractivity contribution is 0.0996. The minimum atomic E-state index is -0.768. The number of nitrogens with two attached hydrogens (primary N) is 1. The van der Waals surface area contributed by atoms with Crippen molar-refractivity contribution in [3.05, 3.63) is 59.2 Å². The number of fused-ring (bicyclic) bond motifs is 1. The van der Waals surface area contributed by atoms with Crippen LogP contribution in [0.15, 0.2) is 36.5 Å². The zero-order valence-corrected chi connectivity index (χ0v) is 10.8. The third-order valence-corrected chi connectivity index (χ3v) is 3.53. The number of hydrogen-bond acceptors (Lipinski definition) is 3. The van der Waals surface area contributed by atoms with Gasteiger partial charge in [-0.05, 0) is 42.7 Å². The van der Waals surface area contributed by atoms with Crippen molar-refractivity contribution < 1.29 is 9.18 Å². The molecule has 1 unspecified atom stereocenters. The van der Waals surface area contributed by atoms with Crippen LogP contribution in [0, 0.1) is 5.82 Å². The van der Waals surface area contributed by atoms with E-state index in [0.29, 0.717) is 5.69 Å². The van der Waals surface area contributed by atoms with Gasteiger partial charge >= 0.3 is 0 Å². The molecule has 1 aromatic heterocycles. The van der Waals surface area contributed by atoms with Gasteiger partial charge in [0.25, 0.3) is 5.91 Å². The topological polar surface area (TPSA) is 68.0 Å². The third kappa shape index (κ3) is 2.22. The molecule has 0 saturated heterocycles. The number of benzene rings is 1. The molecule has 0 bridgehead atoms. The van der Waals surface area contributed by atoms with E-state index in [-0.39, 0.29) is 11.6 Å². The van der Waals surface area contributed by atoms with Crippen LogP contribution in [0.2, 0.25) is 0 Å². The zero-order valence-electron chi connectivity index (χ0n) is 10.8. The first kappa shape index (κ1) is 12.6. The number of aromatic nitrogens is 1. The number of nitrogens with zero attached hydrogens (tertiary/aromatic N) is 1. The average Bonchev–Trinajstić information content (AvgIpc) is 2.84. The zero-order chi connectivity index (χ0) is 14.1. The Morgan fingerprint density at radius 1 is 1.40 bits per heavy atom. The van der Waals surface area contributed by atoms with Crippen molar-refractivity contribution in [3.8, 4) is 0 Å². The number of nitrogens with one attached hydrogen (secondary N) is 1. The predicted molar refractivity (Wildman–Crippen MR) is 73.8 cm³/mol. The number of hydrogen-bond donors (Lipinski definition) is 2. The molecule has 1 atom stereocenters. The van der Waals surface area contributed by atoms with Crippen molar-refractivity contribution in [2.75, 3.05) is 5.32 Å². The number of amides is 1. The Morgan fingerprint density at radius 3 is 3.05 bits per heavy atom. The smallest absolute Gasteiger partial charge is 0.251 e. The standard InChI is InChI=1S/C15H14FN3O/c16-12-5-4-10(8-11(12)15(17)20)19-13-6-3-9-2-1-7-18-14(9)13/h1-2,4-5,7-8,13,19H,3,6H2,(H2,17,20). The van der Waals surface area contributed by atoms with Crippen LogP contribution in [0.3, 0.4) is 0 Å². The van der Waals surface area contributed by atoms with Gasteiger partial charge in [0.05, 0.1) is 17.3 Å². The Kier molecular flexibility index (Phi) is 3.10. The summed E-state index contributed by atoms with van der Waals surface area (Å²) in [6.07, 6.45) is 3.65. The van der Waals surface area contributed by atoms with Crippen molar-refractivity contribution in [1.29, 1.82) is 0 Å². The normalized spacial score (nSPS) is 16.8. The lowest BCUT2D eigenvalue weighted by atomic mass is 10.1. The highest BCUT2D eigenvalue weighted by Crippen LogP contribution is 2.32. The van der Waals surface area contributed by atoms with E-state index in [1.807, 2.05) is 6.07 Å². The highest BCUT2D eigenvalue weighted by molar-refractivity contribution is 5.94. The van der Waals surface area contributed by atoms with E-state index in [1.54, 1.807) is 12.3 Å². The number of aryl methyl sites for hydroxylation is 1. The van der Waals surface area contributed by atoms with Gasteiger partial charge in [-0.15, -0.1) is 0 Å². The first-order valence-electron chi connectivity index (χ1n) is 6.45. The predicted octanol–water partition coefficient (Wildman–Crippen LogP) is 2.42. The van der Waals surface area contributed by atoms with Gasteiger partial charge in [-0.3, -0.25) is 9.78 Å². The second-order valence-corrected chi connectivity index (χ2v) is 4.84. The van der Waals surface area contributed by atoms with Crippen molar-refractivity contribution >= 4 is 11.6 Å². The molecule has 0 spiro atoms. The fraction of sp³-hybridized carbons (Fsp3) is 0.200. The largest absolute Gasteiger partial charge is 0.377 e. The number of carbonyl (C=O) groups is 1. The molecule has 1 aromatic carbocycles. The van der Waals surface area contributed by atoms with Crippen LogP contribution in [0.5, 0.6) is 0 Å². The molecule has 1 amide bonds. The van der Waals surface area contributed by atoms with E-state index >= 15 is 0 Å². The Bertz CT molecular complexity index is 672. The second-order valence-electron chi connectivity index (χ2n) is 4.84. The Morgan fingerprint density at radius 2 is 2.25 bits per heavy atom. The number of pyridine rings is 1. The number of anilines is 1. The molecule has 0 saturated carbocycles. The lowest BCUT2D eigenvalue weighted by Crippen LogP contribution is -2.14. The summed E-state index contributed by atoms with van der Waals surface area (Å²) in [7, 11) is 0. The maximum absolute atomic E-state index is 13.4. The van der Waals surface area contributed by atoms with Crippen LogP contribution in [0.1, 0.15) is 34.1 Å². The molecule has 1 heterocycles. The number of carbonyl (C=O) groups excluding carboxylic acids is 1. The van der Waals surface area contributed by atoms with Crippen molar-refractivity contribution in [3.63, 3.8) is 0 Å². The van der Waals surface area contributed by atoms with Gasteiger partial charge in [0.2, 0.25) is 0 Å². The lowest BCUT2D eigenvalue weighted by Gasteiger charge is -2.15. The number of rotatable bonds is 3. The average molecular weight is 271 g/mol. The third-order valence-electron chi connectivity index (χ3n) is 3.53. The quantitative estimate of drug-likeness (QED) is 0.900. The molecule has 20 heavy (non-hydrogen) atoms. The first-order valence-corrected chi connectivity index (χ1v) is 6.45. The van der Waals surface area contributed by atoms with Crippen molar-refractivity contribution in [2.24, 2.45) is 5.73 Å². The van der Waals surface area contributed by atoms with E-state index in [4.69, 9.17) is 5.73 Å². The summed E-state index contributed by atoms with van der Waals surface area (Å²) in [4.78, 5) is 15.5. The van der Waals surface area contributed by atoms with Gasteiger partial charge < -0.3 is 11.1 Å². The summed E-state index contributed by atoms with van der Waals surface area (Å²) in [5.74, 6) is -1.37. The van der Waals surface area contributed by atoms with Crippen LogP contribution in [0.25, 0.3) is 0 Å². The first-order chi connectivity index (χ1) is 9.65. The second kappa shape index (κ2) is 4.92. The van der Waals surface area contributed by atoms with Gasteiger partial charge in [0.1, 0.15) is 5.82 Å². The highest BCUT2D eigenvalue weighted by atomic mass is 19.1. The Labute approximate surface area is 115 Å². The number of halogens is 1. The molecule has 0 aliphatic heterocycles. The molecule has 1 aliphatic rings. The molecular formula is C15H14FN3O. The fourth-order valence-electron chi connectivity index (χ4n) is 2.56. The van der Waals surface area contributed by atoms with Gasteiger partial charge in [0.15, 0.2) is 0 Å². The number of primary amides is 1. The van der Waals surface area contributed by atoms with Gasteiger partial charge in [-0.25, -0.2) is 4.39 Å². The molecular weight excluding hydrogens is 257 g/mol. The summed E-state index contributed by atoms with van der Waals surface area (Å²) in [6, 6.07) is 8.35. The van der Waals surface area contributed by atoms with Crippen LogP contribution in [-0.2, 0) is 6.42 Å². The molecule has 0 fully saturated rings.